The van der Waals surface area contributed by atoms with E-state index in [9.17, 15) is 4.79 Å². The van der Waals surface area contributed by atoms with E-state index in [1.165, 1.54) is 0 Å². The Morgan fingerprint density at radius 1 is 1.41 bits per heavy atom. The second-order valence-electron chi connectivity index (χ2n) is 4.26. The molecule has 0 atom stereocenters. The number of carbonyl (C=O) groups is 1. The molecule has 1 aromatic heterocycles. The molecule has 0 amide bonds. The summed E-state index contributed by atoms with van der Waals surface area (Å²) in [6.45, 7) is 1.59. The molecule has 1 aromatic rings. The molecule has 0 spiro atoms. The Labute approximate surface area is 99.0 Å². The third kappa shape index (κ3) is 3.81. The lowest BCUT2D eigenvalue weighted by Crippen LogP contribution is -2.17. The fourth-order valence-electron chi connectivity index (χ4n) is 1.89. The summed E-state index contributed by atoms with van der Waals surface area (Å²) in [6.07, 6.45) is 3.17. The third-order valence-corrected chi connectivity index (χ3v) is 2.88. The summed E-state index contributed by atoms with van der Waals surface area (Å²) < 4.78 is 10.4. The quantitative estimate of drug-likeness (QED) is 0.828. The van der Waals surface area contributed by atoms with Gasteiger partial charge in [-0.1, -0.05) is 5.16 Å². The van der Waals surface area contributed by atoms with E-state index in [1.54, 1.807) is 0 Å². The van der Waals surface area contributed by atoms with Crippen molar-refractivity contribution in [1.29, 1.82) is 0 Å². The van der Waals surface area contributed by atoms with Crippen molar-refractivity contribution in [3.8, 4) is 0 Å². The Morgan fingerprint density at radius 3 is 2.88 bits per heavy atom. The molecule has 17 heavy (non-hydrogen) atoms. The minimum atomic E-state index is -0.847. The van der Waals surface area contributed by atoms with Crippen molar-refractivity contribution in [2.75, 3.05) is 13.2 Å². The van der Waals surface area contributed by atoms with Gasteiger partial charge in [0.05, 0.1) is 6.42 Å². The van der Waals surface area contributed by atoms with Crippen LogP contribution in [0, 0.1) is 5.92 Å². The van der Waals surface area contributed by atoms with Gasteiger partial charge in [-0.3, -0.25) is 4.79 Å². The lowest BCUT2D eigenvalue weighted by molar-refractivity contribution is -0.137. The van der Waals surface area contributed by atoms with Gasteiger partial charge in [-0.15, -0.1) is 0 Å². The van der Waals surface area contributed by atoms with Crippen LogP contribution in [0.1, 0.15) is 31.0 Å². The van der Waals surface area contributed by atoms with Crippen LogP contribution < -0.4 is 0 Å². The number of hydrogen-bond acceptors (Lipinski definition) is 5. The molecular weight excluding hydrogens is 224 g/mol. The van der Waals surface area contributed by atoms with E-state index in [-0.39, 0.29) is 6.42 Å². The zero-order valence-electron chi connectivity index (χ0n) is 9.59. The van der Waals surface area contributed by atoms with Crippen LogP contribution in [-0.2, 0) is 22.4 Å². The number of rotatable bonds is 5. The molecule has 0 radical (unpaired) electrons. The van der Waals surface area contributed by atoms with Gasteiger partial charge in [0.15, 0.2) is 5.82 Å². The van der Waals surface area contributed by atoms with Crippen LogP contribution in [0.25, 0.3) is 0 Å². The molecule has 2 rings (SSSR count). The van der Waals surface area contributed by atoms with Gasteiger partial charge in [-0.25, -0.2) is 0 Å². The van der Waals surface area contributed by atoms with Crippen molar-refractivity contribution in [2.24, 2.45) is 5.92 Å². The minimum absolute atomic E-state index is 0.0379. The van der Waals surface area contributed by atoms with Crippen molar-refractivity contribution in [1.82, 2.24) is 10.1 Å². The maximum atomic E-state index is 10.4. The van der Waals surface area contributed by atoms with Crippen LogP contribution in [0.3, 0.4) is 0 Å². The summed E-state index contributed by atoms with van der Waals surface area (Å²) in [5.41, 5.74) is 0. The number of carboxylic acids is 1. The smallest absolute Gasteiger partial charge is 0.303 e. The Bertz CT molecular complexity index is 371. The summed E-state index contributed by atoms with van der Waals surface area (Å²) in [5, 5.41) is 12.3. The first-order valence-electron chi connectivity index (χ1n) is 5.85. The Balaban J connectivity index is 1.82. The molecule has 0 saturated carbocycles. The SMILES string of the molecule is O=C(O)CCc1noc(CC2CCOCC2)n1. The van der Waals surface area contributed by atoms with Crippen molar-refractivity contribution in [3.63, 3.8) is 0 Å². The number of aryl methyl sites for hydroxylation is 1. The van der Waals surface area contributed by atoms with Crippen LogP contribution >= 0.6 is 0 Å². The van der Waals surface area contributed by atoms with Crippen molar-refractivity contribution >= 4 is 5.97 Å². The molecule has 1 N–H and O–H groups in total. The molecule has 1 aliphatic heterocycles. The third-order valence-electron chi connectivity index (χ3n) is 2.88. The topological polar surface area (TPSA) is 85.5 Å². The molecule has 0 bridgehead atoms. The van der Waals surface area contributed by atoms with Gasteiger partial charge in [0.25, 0.3) is 0 Å². The molecule has 0 unspecified atom stereocenters. The van der Waals surface area contributed by atoms with Crippen LogP contribution in [-0.4, -0.2) is 34.4 Å². The highest BCUT2D eigenvalue weighted by Crippen LogP contribution is 2.19. The summed E-state index contributed by atoms with van der Waals surface area (Å²) in [6, 6.07) is 0. The zero-order valence-corrected chi connectivity index (χ0v) is 9.59. The summed E-state index contributed by atoms with van der Waals surface area (Å²) in [7, 11) is 0. The second kappa shape index (κ2) is 5.77. The van der Waals surface area contributed by atoms with Crippen LogP contribution in [0.2, 0.25) is 0 Å². The molecule has 6 nitrogen and oxygen atoms in total. The fraction of sp³-hybridized carbons (Fsp3) is 0.727. The van der Waals surface area contributed by atoms with E-state index in [0.29, 0.717) is 24.1 Å². The van der Waals surface area contributed by atoms with Crippen LogP contribution in [0.15, 0.2) is 4.52 Å². The Hall–Kier alpha value is -1.43. The molecule has 1 fully saturated rings. The number of hydrogen-bond donors (Lipinski definition) is 1. The van der Waals surface area contributed by atoms with Gasteiger partial charge in [0, 0.05) is 26.1 Å². The predicted molar refractivity (Wildman–Crippen MR) is 57.5 cm³/mol. The highest BCUT2D eigenvalue weighted by Gasteiger charge is 2.18. The number of ether oxygens (including phenoxy) is 1. The summed E-state index contributed by atoms with van der Waals surface area (Å²) >= 11 is 0. The molecule has 0 aromatic carbocycles. The van der Waals surface area contributed by atoms with Crippen molar-refractivity contribution in [2.45, 2.75) is 32.1 Å². The first-order valence-corrected chi connectivity index (χ1v) is 5.85. The molecule has 0 aliphatic carbocycles. The second-order valence-corrected chi connectivity index (χ2v) is 4.26. The minimum Gasteiger partial charge on any atom is -0.481 e. The molecule has 2 heterocycles. The maximum absolute atomic E-state index is 10.4. The molecule has 94 valence electrons. The maximum Gasteiger partial charge on any atom is 0.303 e. The monoisotopic (exact) mass is 240 g/mol. The lowest BCUT2D eigenvalue weighted by Gasteiger charge is -2.19. The number of aliphatic carboxylic acids is 1. The summed E-state index contributed by atoms with van der Waals surface area (Å²) in [4.78, 5) is 14.6. The van der Waals surface area contributed by atoms with Crippen molar-refractivity contribution < 1.29 is 19.2 Å². The lowest BCUT2D eigenvalue weighted by atomic mass is 9.97. The highest BCUT2D eigenvalue weighted by atomic mass is 16.5. The van der Waals surface area contributed by atoms with Gasteiger partial charge in [0.2, 0.25) is 5.89 Å². The normalized spacial score (nSPS) is 17.2. The average molecular weight is 240 g/mol. The van der Waals surface area contributed by atoms with E-state index in [1.807, 2.05) is 0 Å². The van der Waals surface area contributed by atoms with E-state index < -0.39 is 5.97 Å². The van der Waals surface area contributed by atoms with Gasteiger partial charge < -0.3 is 14.4 Å². The van der Waals surface area contributed by atoms with Crippen LogP contribution in [0.4, 0.5) is 0 Å². The number of nitrogens with zero attached hydrogens (tertiary/aromatic N) is 2. The van der Waals surface area contributed by atoms with E-state index in [0.717, 1.165) is 32.5 Å². The van der Waals surface area contributed by atoms with E-state index in [2.05, 4.69) is 10.1 Å². The van der Waals surface area contributed by atoms with Crippen LogP contribution in [0.5, 0.6) is 0 Å². The fourth-order valence-corrected chi connectivity index (χ4v) is 1.89. The van der Waals surface area contributed by atoms with Gasteiger partial charge in [0.1, 0.15) is 0 Å². The van der Waals surface area contributed by atoms with Gasteiger partial charge in [-0.05, 0) is 18.8 Å². The van der Waals surface area contributed by atoms with Gasteiger partial charge in [-0.2, -0.15) is 4.98 Å². The molecular formula is C11H16N2O4. The molecule has 1 aliphatic rings. The zero-order chi connectivity index (χ0) is 12.1. The van der Waals surface area contributed by atoms with Crippen molar-refractivity contribution in [3.05, 3.63) is 11.7 Å². The van der Waals surface area contributed by atoms with Gasteiger partial charge >= 0.3 is 5.97 Å². The highest BCUT2D eigenvalue weighted by molar-refractivity contribution is 5.66. The predicted octanol–water partition coefficient (Wildman–Crippen LogP) is 1.06. The first-order chi connectivity index (χ1) is 8.24. The average Bonchev–Trinajstić information content (AvgIpc) is 2.75. The largest absolute Gasteiger partial charge is 0.481 e. The molecule has 6 heteroatoms. The van der Waals surface area contributed by atoms with E-state index in [4.69, 9.17) is 14.4 Å². The molecule has 1 saturated heterocycles. The number of carboxylic acid groups (broad SMARTS) is 1. The Morgan fingerprint density at radius 2 is 2.18 bits per heavy atom. The Kier molecular flexibility index (Phi) is 4.08. The van der Waals surface area contributed by atoms with E-state index >= 15 is 0 Å². The standard InChI is InChI=1S/C11H16N2O4/c14-11(15)2-1-9-12-10(17-13-9)7-8-3-5-16-6-4-8/h8H,1-7H2,(H,14,15). The summed E-state index contributed by atoms with van der Waals surface area (Å²) in [5.74, 6) is 0.782. The number of aromatic nitrogens is 2. The first kappa shape index (κ1) is 12.0.